The van der Waals surface area contributed by atoms with Crippen molar-refractivity contribution < 1.29 is 82.4 Å². The Balaban J connectivity index is 1.41. The summed E-state index contributed by atoms with van der Waals surface area (Å²) in [6.07, 6.45) is -3.08. The van der Waals surface area contributed by atoms with Crippen molar-refractivity contribution >= 4 is 94.5 Å². The highest BCUT2D eigenvalue weighted by Crippen LogP contribution is 2.24. The molecule has 6 rings (SSSR count). The van der Waals surface area contributed by atoms with E-state index in [-0.39, 0.29) is 56.6 Å². The van der Waals surface area contributed by atoms with Crippen LogP contribution in [0.25, 0.3) is 0 Å². The Hall–Kier alpha value is -10.4. The van der Waals surface area contributed by atoms with Gasteiger partial charge < -0.3 is 82.8 Å². The van der Waals surface area contributed by atoms with E-state index >= 15 is 9.59 Å². The lowest BCUT2D eigenvalue weighted by atomic mass is 10.00. The van der Waals surface area contributed by atoms with E-state index in [1.807, 2.05) is 0 Å². The third-order valence-electron chi connectivity index (χ3n) is 17.2. The smallest absolute Gasteiger partial charge is 0.303 e. The summed E-state index contributed by atoms with van der Waals surface area (Å²) in [7, 11) is 5.05. The van der Waals surface area contributed by atoms with Gasteiger partial charge >= 0.3 is 5.97 Å². The van der Waals surface area contributed by atoms with E-state index in [0.717, 1.165) is 31.4 Å². The second-order valence-corrected chi connectivity index (χ2v) is 26.5. The van der Waals surface area contributed by atoms with Crippen molar-refractivity contribution in [2.75, 3.05) is 65.9 Å². The average Bonchev–Trinajstić information content (AvgIpc) is 1.80. The number of hydrogen-bond donors (Lipinski definition) is 11. The number of nitrogens with one attached hydrogen (secondary N) is 7. The number of carboxylic acid groups (broad SMARTS) is 1. The molecule has 0 radical (unpaired) electrons. The van der Waals surface area contributed by atoms with Crippen molar-refractivity contribution in [3.63, 3.8) is 0 Å². The largest absolute Gasteiger partial charge is 0.508 e. The number of rotatable bonds is 16. The van der Waals surface area contributed by atoms with Crippen molar-refractivity contribution in [2.45, 2.75) is 133 Å². The number of primary amides is 1. The number of aliphatic carboxylic acids is 1. The number of carbonyl (C=O) groups is 14. The first-order valence-corrected chi connectivity index (χ1v) is 34.1. The third kappa shape index (κ3) is 23.9. The van der Waals surface area contributed by atoms with Crippen molar-refractivity contribution in [3.05, 3.63) is 138 Å². The first kappa shape index (κ1) is 79.6. The maximum absolute atomic E-state index is 15.1. The molecule has 30 nitrogen and oxygen atoms in total. The van der Waals surface area contributed by atoms with Gasteiger partial charge in [0.25, 0.3) is 0 Å². The van der Waals surface area contributed by atoms with Gasteiger partial charge in [-0.3, -0.25) is 67.1 Å². The van der Waals surface area contributed by atoms with Crippen LogP contribution >= 0.6 is 11.8 Å². The molecule has 2 saturated heterocycles. The molecule has 4 aromatic carbocycles. The standard InChI is InChI=1S/C70H91N13O17S/c1-41(2)60-65(95)75-48(29-30-59(90)91)66(96)79(4)37-56(87)74-50(33-46-25-27-47(85)28-26-46)67(97)81(6)53(34-44-20-13-9-14-21-44)68(98)80(5)38-57(88)77-61(42(3)84)70(100)82(7)54(35-45-22-15-10-16-23-45)69(99)83-31-17-24-52(83)64(94)76-51(62(92)72-36-55(71)86)39-101-40-58(89)73-49(63(93)78-60)32-43-18-11-8-12-19-43/h8-16,18-23,25-28,41-42,48-54,60-61,84-85H,17,24,29-40H2,1-7H3,(H2,71,86)(H,72,92)(H,73,89)(H,74,87)(H,75,95)(H,76,94)(H,77,88)(H,78,93)(H,90,91)/t42-,48+,49+,50+,51+,52+,53+,54+,60+,61+/m1/s1. The van der Waals surface area contributed by atoms with Gasteiger partial charge in [0.05, 0.1) is 31.5 Å². The number of fused-ring (bicyclic) bond motifs is 1. The number of carbonyl (C=O) groups excluding carboxylic acids is 13. The van der Waals surface area contributed by atoms with Crippen molar-refractivity contribution in [1.82, 2.24) is 61.7 Å². The van der Waals surface area contributed by atoms with Gasteiger partial charge in [0.1, 0.15) is 60.1 Å². The highest BCUT2D eigenvalue weighted by atomic mass is 32.2. The van der Waals surface area contributed by atoms with Gasteiger partial charge in [-0.25, -0.2) is 0 Å². The molecule has 0 spiro atoms. The lowest BCUT2D eigenvalue weighted by Gasteiger charge is -2.36. The molecule has 2 heterocycles. The number of benzene rings is 4. The number of phenolic OH excluding ortho intramolecular Hbond substituents is 1. The van der Waals surface area contributed by atoms with E-state index in [9.17, 15) is 72.9 Å². The number of nitrogens with zero attached hydrogens (tertiary/aromatic N) is 5. The number of thioether (sulfide) groups is 1. The Bertz CT molecular complexity index is 3590. The number of hydrogen-bond acceptors (Lipinski definition) is 17. The van der Waals surface area contributed by atoms with Gasteiger partial charge in [0.2, 0.25) is 76.8 Å². The van der Waals surface area contributed by atoms with Gasteiger partial charge in [0, 0.05) is 72.6 Å². The Morgan fingerprint density at radius 1 is 0.554 bits per heavy atom. The van der Waals surface area contributed by atoms with Crippen LogP contribution in [0, 0.1) is 5.92 Å². The number of likely N-dealkylation sites (N-methyl/N-ethyl adjacent to an activating group) is 4. The minimum Gasteiger partial charge on any atom is -0.508 e. The van der Waals surface area contributed by atoms with Crippen LogP contribution in [0.2, 0.25) is 0 Å². The maximum atomic E-state index is 15.1. The van der Waals surface area contributed by atoms with Crippen molar-refractivity contribution in [2.24, 2.45) is 11.7 Å². The van der Waals surface area contributed by atoms with Crippen LogP contribution in [0.4, 0.5) is 0 Å². The summed E-state index contributed by atoms with van der Waals surface area (Å²) in [5.74, 6) is -14.3. The summed E-state index contributed by atoms with van der Waals surface area (Å²) >= 11 is 0.842. The molecule has 10 atom stereocenters. The van der Waals surface area contributed by atoms with Crippen LogP contribution in [0.15, 0.2) is 115 Å². The summed E-state index contributed by atoms with van der Waals surface area (Å²) < 4.78 is 0. The molecule has 2 aliphatic heterocycles. The molecular weight excluding hydrogens is 1330 g/mol. The van der Waals surface area contributed by atoms with Crippen LogP contribution < -0.4 is 43.0 Å². The molecule has 101 heavy (non-hydrogen) atoms. The zero-order chi connectivity index (χ0) is 74.2. The van der Waals surface area contributed by atoms with Gasteiger partial charge in [-0.05, 0) is 66.5 Å². The fourth-order valence-corrected chi connectivity index (χ4v) is 12.5. The monoisotopic (exact) mass is 1420 g/mol. The quantitative estimate of drug-likeness (QED) is 0.0601. The SMILES string of the molecule is CC(C)[C@@H]1NC(=O)[C@H](Cc2ccccc2)NC(=O)CSC[C@@H](C(=O)NCC(N)=O)NC(=O)[C@@H]2CCCN2C(=O)[C@H](Cc2ccccc2)N(C)C(=O)[C@H]([C@@H](C)O)NC(=O)CN(C)C(=O)[C@H](Cc2ccccc2)N(C)C(=O)[C@H](Cc2ccc(O)cc2)NC(=O)CN(C)C(=O)[C@H](CCC(=O)O)NC1=O. The van der Waals surface area contributed by atoms with Gasteiger partial charge in [-0.15, -0.1) is 11.8 Å². The molecule has 13 amide bonds. The van der Waals surface area contributed by atoms with E-state index in [2.05, 4.69) is 37.2 Å². The molecule has 2 fully saturated rings. The molecule has 31 heteroatoms. The number of aliphatic hydroxyl groups is 1. The van der Waals surface area contributed by atoms with Crippen molar-refractivity contribution in [1.29, 1.82) is 0 Å². The lowest BCUT2D eigenvalue weighted by molar-refractivity contribution is -0.150. The Labute approximate surface area is 589 Å². The summed E-state index contributed by atoms with van der Waals surface area (Å²) in [6.45, 7) is 2.18. The number of nitrogens with two attached hydrogens (primary N) is 1. The first-order valence-electron chi connectivity index (χ1n) is 33.0. The van der Waals surface area contributed by atoms with Gasteiger partial charge in [-0.1, -0.05) is 117 Å². The zero-order valence-electron chi connectivity index (χ0n) is 57.5. The molecule has 12 N–H and O–H groups in total. The minimum absolute atomic E-state index is 0.000707. The molecule has 0 unspecified atom stereocenters. The van der Waals surface area contributed by atoms with Crippen LogP contribution in [0.3, 0.4) is 0 Å². The lowest BCUT2D eigenvalue weighted by Crippen LogP contribution is -2.61. The first-order chi connectivity index (χ1) is 47.9. The van der Waals surface area contributed by atoms with Crippen LogP contribution in [0.1, 0.15) is 68.7 Å². The van der Waals surface area contributed by atoms with E-state index in [1.54, 1.807) is 105 Å². The molecule has 0 aromatic heterocycles. The fourth-order valence-electron chi connectivity index (χ4n) is 11.6. The molecule has 0 bridgehead atoms. The number of aliphatic hydroxyl groups excluding tert-OH is 1. The van der Waals surface area contributed by atoms with Crippen LogP contribution in [0.5, 0.6) is 5.75 Å². The second-order valence-electron chi connectivity index (χ2n) is 25.5. The summed E-state index contributed by atoms with van der Waals surface area (Å²) in [4.78, 5) is 203. The molecular formula is C70H91N13O17S. The summed E-state index contributed by atoms with van der Waals surface area (Å²) in [5, 5.41) is 49.3. The third-order valence-corrected chi connectivity index (χ3v) is 18.2. The maximum Gasteiger partial charge on any atom is 0.303 e. The number of phenols is 1. The molecule has 2 aliphatic rings. The fraction of sp³-hybridized carbons (Fsp3) is 0.457. The molecule has 0 aliphatic carbocycles. The minimum atomic E-state index is -1.75. The second kappa shape index (κ2) is 38.2. The Kier molecular flexibility index (Phi) is 30.1. The van der Waals surface area contributed by atoms with Crippen molar-refractivity contribution in [3.8, 4) is 5.75 Å². The van der Waals surface area contributed by atoms with E-state index in [1.165, 1.54) is 64.3 Å². The number of carboxylic acids is 1. The highest BCUT2D eigenvalue weighted by molar-refractivity contribution is 8.00. The van der Waals surface area contributed by atoms with Gasteiger partial charge in [0.15, 0.2) is 0 Å². The predicted octanol–water partition coefficient (Wildman–Crippen LogP) is -1.62. The normalized spacial score (nSPS) is 23.4. The average molecular weight is 1420 g/mol. The molecule has 544 valence electrons. The zero-order valence-corrected chi connectivity index (χ0v) is 58.3. The summed E-state index contributed by atoms with van der Waals surface area (Å²) in [6, 6.07) is 18.0. The van der Waals surface area contributed by atoms with Crippen LogP contribution in [-0.4, -0.2) is 249 Å². The predicted molar refractivity (Wildman–Crippen MR) is 370 cm³/mol. The molecule has 0 saturated carbocycles. The Morgan fingerprint density at radius 3 is 1.60 bits per heavy atom. The van der Waals surface area contributed by atoms with Gasteiger partial charge in [-0.2, -0.15) is 0 Å². The van der Waals surface area contributed by atoms with E-state index in [4.69, 9.17) is 5.73 Å². The number of amides is 13. The van der Waals surface area contributed by atoms with Crippen LogP contribution in [-0.2, 0) is 92.8 Å². The van der Waals surface area contributed by atoms with E-state index < -0.39 is 187 Å². The Morgan fingerprint density at radius 2 is 1.06 bits per heavy atom. The van der Waals surface area contributed by atoms with E-state index in [0.29, 0.717) is 22.3 Å². The highest BCUT2D eigenvalue weighted by Gasteiger charge is 2.43. The summed E-state index contributed by atoms with van der Waals surface area (Å²) in [5.41, 5.74) is 7.49. The topological polar surface area (TPSA) is 426 Å². The molecule has 4 aromatic rings. The number of aromatic hydroxyl groups is 1.